The predicted octanol–water partition coefficient (Wildman–Crippen LogP) is 3.50. The number of anilines is 1. The number of nitrogens with one attached hydrogen (secondary N) is 1. The SMILES string of the molecule is CC(C)(C)c1noc(C(=O)NCc2ccc(-c3ccnc(N)c3[N+](=O)[O-])cc2Cl)n1. The van der Waals surface area contributed by atoms with Gasteiger partial charge in [0.2, 0.25) is 5.82 Å². The van der Waals surface area contributed by atoms with E-state index in [1.165, 1.54) is 12.3 Å². The van der Waals surface area contributed by atoms with E-state index in [4.69, 9.17) is 21.9 Å². The molecule has 30 heavy (non-hydrogen) atoms. The summed E-state index contributed by atoms with van der Waals surface area (Å²) >= 11 is 6.32. The van der Waals surface area contributed by atoms with E-state index in [0.717, 1.165) is 0 Å². The molecule has 2 aromatic heterocycles. The summed E-state index contributed by atoms with van der Waals surface area (Å²) in [5.41, 5.74) is 6.41. The molecule has 1 aromatic carbocycles. The highest BCUT2D eigenvalue weighted by molar-refractivity contribution is 6.31. The van der Waals surface area contributed by atoms with Gasteiger partial charge in [-0.2, -0.15) is 4.98 Å². The van der Waals surface area contributed by atoms with Crippen LogP contribution in [0, 0.1) is 10.1 Å². The number of amides is 1. The number of carbonyl (C=O) groups is 1. The fraction of sp³-hybridized carbons (Fsp3) is 0.263. The maximum Gasteiger partial charge on any atom is 0.318 e. The number of nitrogens with zero attached hydrogens (tertiary/aromatic N) is 4. The van der Waals surface area contributed by atoms with E-state index in [9.17, 15) is 14.9 Å². The zero-order valence-corrected chi connectivity index (χ0v) is 17.2. The van der Waals surface area contributed by atoms with Crippen molar-refractivity contribution in [3.05, 3.63) is 62.9 Å². The number of aromatic nitrogens is 3. The Morgan fingerprint density at radius 1 is 1.33 bits per heavy atom. The van der Waals surface area contributed by atoms with E-state index in [2.05, 4.69) is 20.4 Å². The van der Waals surface area contributed by atoms with E-state index < -0.39 is 10.8 Å². The average molecular weight is 431 g/mol. The van der Waals surface area contributed by atoms with Crippen molar-refractivity contribution in [1.82, 2.24) is 20.4 Å². The first-order valence-corrected chi connectivity index (χ1v) is 9.25. The second kappa shape index (κ2) is 8.07. The number of halogens is 1. The minimum atomic E-state index is -0.587. The largest absolute Gasteiger partial charge is 0.378 e. The molecule has 0 spiro atoms. The van der Waals surface area contributed by atoms with Crippen LogP contribution in [0.1, 0.15) is 42.8 Å². The van der Waals surface area contributed by atoms with Gasteiger partial charge in [0.1, 0.15) is 0 Å². The van der Waals surface area contributed by atoms with E-state index in [0.29, 0.717) is 27.5 Å². The predicted molar refractivity (Wildman–Crippen MR) is 110 cm³/mol. The van der Waals surface area contributed by atoms with Gasteiger partial charge in [0.15, 0.2) is 5.82 Å². The fourth-order valence-corrected chi connectivity index (χ4v) is 2.87. The molecule has 0 saturated carbocycles. The zero-order chi connectivity index (χ0) is 22.1. The summed E-state index contributed by atoms with van der Waals surface area (Å²) in [6.45, 7) is 5.82. The highest BCUT2D eigenvalue weighted by atomic mass is 35.5. The van der Waals surface area contributed by atoms with Crippen LogP contribution < -0.4 is 11.1 Å². The Balaban J connectivity index is 1.77. The lowest BCUT2D eigenvalue weighted by molar-refractivity contribution is -0.383. The maximum atomic E-state index is 12.3. The van der Waals surface area contributed by atoms with Crippen LogP contribution >= 0.6 is 11.6 Å². The molecule has 2 heterocycles. The molecule has 0 fully saturated rings. The maximum absolute atomic E-state index is 12.3. The average Bonchev–Trinajstić information content (AvgIpc) is 3.17. The lowest BCUT2D eigenvalue weighted by atomic mass is 9.96. The van der Waals surface area contributed by atoms with Crippen LogP contribution in [0.3, 0.4) is 0 Å². The van der Waals surface area contributed by atoms with Gasteiger partial charge in [-0.05, 0) is 23.3 Å². The number of carbonyl (C=O) groups excluding carboxylic acids is 1. The van der Waals surface area contributed by atoms with Crippen molar-refractivity contribution >= 4 is 29.0 Å². The van der Waals surface area contributed by atoms with Gasteiger partial charge in [0.25, 0.3) is 0 Å². The lowest BCUT2D eigenvalue weighted by Crippen LogP contribution is -2.23. The fourth-order valence-electron chi connectivity index (χ4n) is 2.62. The minimum Gasteiger partial charge on any atom is -0.378 e. The second-order valence-electron chi connectivity index (χ2n) is 7.51. The molecule has 3 rings (SSSR count). The molecule has 0 bridgehead atoms. The first-order valence-electron chi connectivity index (χ1n) is 8.88. The Morgan fingerprint density at radius 3 is 2.67 bits per heavy atom. The van der Waals surface area contributed by atoms with Gasteiger partial charge in [-0.1, -0.05) is 49.7 Å². The lowest BCUT2D eigenvalue weighted by Gasteiger charge is -2.11. The number of pyridine rings is 1. The molecule has 0 aliphatic rings. The molecule has 0 unspecified atom stereocenters. The first kappa shape index (κ1) is 21.2. The van der Waals surface area contributed by atoms with Gasteiger partial charge in [-0.3, -0.25) is 14.9 Å². The molecule has 10 nitrogen and oxygen atoms in total. The van der Waals surface area contributed by atoms with E-state index in [-0.39, 0.29) is 29.4 Å². The zero-order valence-electron chi connectivity index (χ0n) is 16.5. The van der Waals surface area contributed by atoms with Crippen molar-refractivity contribution in [3.8, 4) is 11.1 Å². The van der Waals surface area contributed by atoms with Gasteiger partial charge in [0, 0.05) is 23.2 Å². The van der Waals surface area contributed by atoms with Crippen LogP contribution in [0.5, 0.6) is 0 Å². The smallest absolute Gasteiger partial charge is 0.318 e. The Kier molecular flexibility index (Phi) is 5.70. The van der Waals surface area contributed by atoms with Crippen LogP contribution in [0.15, 0.2) is 35.0 Å². The standard InChI is InChI=1S/C19H19ClN6O4/c1-19(2,3)18-24-17(30-25-18)16(27)23-9-11-5-4-10(8-13(11)20)12-6-7-22-15(21)14(12)26(28)29/h4-8H,9H2,1-3H3,(H2,21,22)(H,23,27). The van der Waals surface area contributed by atoms with Crippen LogP contribution in [0.2, 0.25) is 5.02 Å². The van der Waals surface area contributed by atoms with Gasteiger partial charge >= 0.3 is 17.5 Å². The summed E-state index contributed by atoms with van der Waals surface area (Å²) in [6, 6.07) is 6.37. The third kappa shape index (κ3) is 4.38. The number of nitrogens with two attached hydrogens (primary N) is 1. The second-order valence-corrected chi connectivity index (χ2v) is 7.92. The van der Waals surface area contributed by atoms with Crippen molar-refractivity contribution in [1.29, 1.82) is 0 Å². The van der Waals surface area contributed by atoms with Crippen molar-refractivity contribution in [3.63, 3.8) is 0 Å². The normalized spacial score (nSPS) is 11.3. The highest BCUT2D eigenvalue weighted by Gasteiger charge is 2.24. The van der Waals surface area contributed by atoms with Crippen molar-refractivity contribution in [2.75, 3.05) is 5.73 Å². The molecule has 156 valence electrons. The van der Waals surface area contributed by atoms with Gasteiger partial charge in [-0.15, -0.1) is 0 Å². The summed E-state index contributed by atoms with van der Waals surface area (Å²) in [7, 11) is 0. The van der Waals surface area contributed by atoms with Crippen molar-refractivity contribution in [2.45, 2.75) is 32.7 Å². The van der Waals surface area contributed by atoms with Gasteiger partial charge < -0.3 is 15.6 Å². The molecule has 0 atom stereocenters. The quantitative estimate of drug-likeness (QED) is 0.461. The number of rotatable bonds is 5. The topological polar surface area (TPSA) is 150 Å². The Hall–Kier alpha value is -3.53. The number of hydrogen-bond donors (Lipinski definition) is 2. The molecule has 0 aliphatic heterocycles. The van der Waals surface area contributed by atoms with Crippen LogP contribution in [0.25, 0.3) is 11.1 Å². The Bertz CT molecular complexity index is 1120. The van der Waals surface area contributed by atoms with Gasteiger partial charge in [-0.25, -0.2) is 4.98 Å². The number of benzene rings is 1. The van der Waals surface area contributed by atoms with Gasteiger partial charge in [0.05, 0.1) is 10.5 Å². The van der Waals surface area contributed by atoms with E-state index >= 15 is 0 Å². The van der Waals surface area contributed by atoms with E-state index in [1.54, 1.807) is 18.2 Å². The monoisotopic (exact) mass is 430 g/mol. The molecule has 0 saturated heterocycles. The number of nitrogen functional groups attached to an aromatic ring is 1. The van der Waals surface area contributed by atoms with Crippen LogP contribution in [0.4, 0.5) is 11.5 Å². The van der Waals surface area contributed by atoms with Crippen LogP contribution in [-0.4, -0.2) is 26.0 Å². The molecule has 0 aliphatic carbocycles. The first-order chi connectivity index (χ1) is 14.1. The third-order valence-electron chi connectivity index (χ3n) is 4.23. The summed E-state index contributed by atoms with van der Waals surface area (Å²) in [5.74, 6) is -0.432. The summed E-state index contributed by atoms with van der Waals surface area (Å²) in [6.07, 6.45) is 1.38. The molecule has 1 amide bonds. The Labute approximate surface area is 176 Å². The molecule has 3 aromatic rings. The Morgan fingerprint density at radius 2 is 2.07 bits per heavy atom. The van der Waals surface area contributed by atoms with Crippen molar-refractivity contribution in [2.24, 2.45) is 0 Å². The highest BCUT2D eigenvalue weighted by Crippen LogP contribution is 2.35. The third-order valence-corrected chi connectivity index (χ3v) is 4.58. The molecule has 0 radical (unpaired) electrons. The minimum absolute atomic E-state index is 0.103. The summed E-state index contributed by atoms with van der Waals surface area (Å²) < 4.78 is 5.01. The number of nitro groups is 1. The molecule has 3 N–H and O–H groups in total. The van der Waals surface area contributed by atoms with E-state index in [1.807, 2.05) is 20.8 Å². The van der Waals surface area contributed by atoms with Crippen molar-refractivity contribution < 1.29 is 14.2 Å². The molecule has 11 heteroatoms. The summed E-state index contributed by atoms with van der Waals surface area (Å²) in [5, 5.41) is 18.1. The molecular weight excluding hydrogens is 412 g/mol. The summed E-state index contributed by atoms with van der Waals surface area (Å²) in [4.78, 5) is 30.9. The number of hydrogen-bond acceptors (Lipinski definition) is 8. The van der Waals surface area contributed by atoms with Crippen LogP contribution in [-0.2, 0) is 12.0 Å². The molecular formula is C19H19ClN6O4.